The molecule has 3 atom stereocenters. The molecule has 0 saturated heterocycles. The van der Waals surface area contributed by atoms with Gasteiger partial charge in [0, 0.05) is 17.7 Å². The number of carboxylic acid groups (broad SMARTS) is 1. The summed E-state index contributed by atoms with van der Waals surface area (Å²) >= 11 is 0. The first kappa shape index (κ1) is 10.2. The Morgan fingerprint density at radius 2 is 2.38 bits per heavy atom. The Labute approximate surface area is 77.8 Å². The lowest BCUT2D eigenvalue weighted by Gasteiger charge is -2.32. The second kappa shape index (κ2) is 3.89. The minimum atomic E-state index is -0.850. The van der Waals surface area contributed by atoms with Crippen molar-refractivity contribution in [2.45, 2.75) is 25.4 Å². The number of aliphatic carboxylic acids is 1. The molecule has 0 heterocycles. The molecule has 1 aliphatic rings. The van der Waals surface area contributed by atoms with E-state index in [-0.39, 0.29) is 18.0 Å². The average Bonchev–Trinajstić information content (AvgIpc) is 2.03. The van der Waals surface area contributed by atoms with Gasteiger partial charge in [-0.3, -0.25) is 0 Å². The quantitative estimate of drug-likeness (QED) is 0.562. The molecule has 0 radical (unpaired) electrons. The molecule has 0 amide bonds. The molecule has 1 rings (SSSR count). The number of rotatable bonds is 2. The molecule has 0 bridgehead atoms. The van der Waals surface area contributed by atoms with Crippen LogP contribution in [0.15, 0.2) is 11.6 Å². The molecule has 0 aromatic heterocycles. The van der Waals surface area contributed by atoms with Crippen LogP contribution in [0.2, 0.25) is 0 Å². The third-order valence-electron chi connectivity index (χ3n) is 2.56. The van der Waals surface area contributed by atoms with Crippen LogP contribution in [0.3, 0.4) is 0 Å². The Kier molecular flexibility index (Phi) is 3.06. The molecule has 1 aliphatic carbocycles. The van der Waals surface area contributed by atoms with Crippen LogP contribution in [-0.4, -0.2) is 30.2 Å². The fraction of sp³-hybridized carbons (Fsp3) is 0.667. The van der Waals surface area contributed by atoms with E-state index >= 15 is 0 Å². The molecular formula is C9H16N2O2. The van der Waals surface area contributed by atoms with Gasteiger partial charge in [-0.15, -0.1) is 0 Å². The summed E-state index contributed by atoms with van der Waals surface area (Å²) in [6.45, 7) is 1.98. The van der Waals surface area contributed by atoms with Crippen molar-refractivity contribution >= 4 is 5.97 Å². The highest BCUT2D eigenvalue weighted by Crippen LogP contribution is 2.22. The normalized spacial score (nSPS) is 34.1. The maximum atomic E-state index is 10.7. The van der Waals surface area contributed by atoms with Crippen molar-refractivity contribution in [1.82, 2.24) is 5.32 Å². The lowest BCUT2D eigenvalue weighted by Crippen LogP contribution is -2.49. The molecule has 0 saturated carbocycles. The Hall–Kier alpha value is -0.870. The molecule has 0 fully saturated rings. The summed E-state index contributed by atoms with van der Waals surface area (Å²) in [4.78, 5) is 10.7. The van der Waals surface area contributed by atoms with Crippen LogP contribution in [-0.2, 0) is 4.79 Å². The second-order valence-electron chi connectivity index (χ2n) is 3.54. The van der Waals surface area contributed by atoms with Gasteiger partial charge in [-0.1, -0.05) is 13.0 Å². The number of carboxylic acids is 1. The van der Waals surface area contributed by atoms with Gasteiger partial charge in [0.15, 0.2) is 0 Å². The van der Waals surface area contributed by atoms with Crippen LogP contribution < -0.4 is 11.1 Å². The van der Waals surface area contributed by atoms with E-state index in [4.69, 9.17) is 10.8 Å². The average molecular weight is 184 g/mol. The van der Waals surface area contributed by atoms with E-state index in [0.717, 1.165) is 0 Å². The molecule has 0 aromatic rings. The van der Waals surface area contributed by atoms with Crippen molar-refractivity contribution in [2.75, 3.05) is 7.05 Å². The smallest absolute Gasteiger partial charge is 0.331 e. The lowest BCUT2D eigenvalue weighted by atomic mass is 9.84. The van der Waals surface area contributed by atoms with Gasteiger partial charge < -0.3 is 16.2 Å². The molecule has 4 heteroatoms. The maximum absolute atomic E-state index is 10.7. The highest BCUT2D eigenvalue weighted by atomic mass is 16.4. The van der Waals surface area contributed by atoms with E-state index in [1.54, 1.807) is 6.08 Å². The zero-order valence-corrected chi connectivity index (χ0v) is 7.95. The summed E-state index contributed by atoms with van der Waals surface area (Å²) in [5.74, 6) is -0.670. The summed E-state index contributed by atoms with van der Waals surface area (Å²) in [6.07, 6.45) is 2.23. The van der Waals surface area contributed by atoms with Crippen molar-refractivity contribution in [1.29, 1.82) is 0 Å². The zero-order valence-electron chi connectivity index (χ0n) is 7.95. The summed E-state index contributed by atoms with van der Waals surface area (Å²) in [6, 6.07) is 0.0826. The molecule has 0 aliphatic heterocycles. The third kappa shape index (κ3) is 2.08. The highest BCUT2D eigenvalue weighted by molar-refractivity contribution is 5.87. The summed E-state index contributed by atoms with van der Waals surface area (Å²) in [5, 5.41) is 11.9. The first-order chi connectivity index (χ1) is 6.06. The minimum absolute atomic E-state index is 0.101. The second-order valence-corrected chi connectivity index (χ2v) is 3.54. The Morgan fingerprint density at radius 1 is 1.77 bits per heavy atom. The van der Waals surface area contributed by atoms with Crippen LogP contribution >= 0.6 is 0 Å². The van der Waals surface area contributed by atoms with Crippen molar-refractivity contribution < 1.29 is 9.90 Å². The fourth-order valence-corrected chi connectivity index (χ4v) is 1.90. The fourth-order valence-electron chi connectivity index (χ4n) is 1.90. The largest absolute Gasteiger partial charge is 0.478 e. The van der Waals surface area contributed by atoms with Crippen LogP contribution in [0.1, 0.15) is 13.3 Å². The van der Waals surface area contributed by atoms with E-state index in [1.165, 1.54) is 0 Å². The molecule has 4 nitrogen and oxygen atoms in total. The monoisotopic (exact) mass is 184 g/mol. The SMILES string of the molecule is CNC1C(N)CC(C(=O)O)=C[C@H]1C. The van der Waals surface area contributed by atoms with E-state index in [9.17, 15) is 4.79 Å². The number of likely N-dealkylation sites (N-methyl/N-ethyl adjacent to an activating group) is 1. The van der Waals surface area contributed by atoms with Gasteiger partial charge >= 0.3 is 5.97 Å². The molecule has 0 aromatic carbocycles. The van der Waals surface area contributed by atoms with Crippen LogP contribution in [0, 0.1) is 5.92 Å². The molecule has 0 spiro atoms. The molecule has 4 N–H and O–H groups in total. The summed E-state index contributed by atoms with van der Waals surface area (Å²) in [5.41, 5.74) is 6.28. The predicted molar refractivity (Wildman–Crippen MR) is 50.3 cm³/mol. The predicted octanol–water partition coefficient (Wildman–Crippen LogP) is -0.0475. The standard InChI is InChI=1S/C9H16N2O2/c1-5-3-6(9(12)13)4-7(10)8(5)11-2/h3,5,7-8,11H,4,10H2,1-2H3,(H,12,13)/t5-,7?,8?/m1/s1. The Balaban J connectivity index is 2.81. The summed E-state index contributed by atoms with van der Waals surface area (Å²) in [7, 11) is 1.85. The molecule has 74 valence electrons. The highest BCUT2D eigenvalue weighted by Gasteiger charge is 2.29. The van der Waals surface area contributed by atoms with Gasteiger partial charge in [0.25, 0.3) is 0 Å². The van der Waals surface area contributed by atoms with Gasteiger partial charge in [0.05, 0.1) is 0 Å². The number of hydrogen-bond acceptors (Lipinski definition) is 3. The first-order valence-electron chi connectivity index (χ1n) is 4.43. The lowest BCUT2D eigenvalue weighted by molar-refractivity contribution is -0.133. The number of nitrogens with two attached hydrogens (primary N) is 1. The number of nitrogens with one attached hydrogen (secondary N) is 1. The third-order valence-corrected chi connectivity index (χ3v) is 2.56. The molecule has 2 unspecified atom stereocenters. The molecule has 13 heavy (non-hydrogen) atoms. The topological polar surface area (TPSA) is 75.3 Å². The number of hydrogen-bond donors (Lipinski definition) is 3. The van der Waals surface area contributed by atoms with Crippen LogP contribution in [0.5, 0.6) is 0 Å². The Morgan fingerprint density at radius 3 is 2.77 bits per heavy atom. The van der Waals surface area contributed by atoms with Gasteiger partial charge in [-0.25, -0.2) is 4.79 Å². The molecular weight excluding hydrogens is 168 g/mol. The zero-order chi connectivity index (χ0) is 10.0. The van der Waals surface area contributed by atoms with E-state index in [1.807, 2.05) is 14.0 Å². The van der Waals surface area contributed by atoms with Crippen LogP contribution in [0.25, 0.3) is 0 Å². The summed E-state index contributed by atoms with van der Waals surface area (Å²) < 4.78 is 0. The first-order valence-corrected chi connectivity index (χ1v) is 4.43. The number of carbonyl (C=O) groups is 1. The maximum Gasteiger partial charge on any atom is 0.331 e. The van der Waals surface area contributed by atoms with Crippen molar-refractivity contribution in [3.05, 3.63) is 11.6 Å². The Bertz CT molecular complexity index is 238. The minimum Gasteiger partial charge on any atom is -0.478 e. The van der Waals surface area contributed by atoms with Gasteiger partial charge in [0.1, 0.15) is 0 Å². The van der Waals surface area contributed by atoms with E-state index < -0.39 is 5.97 Å². The van der Waals surface area contributed by atoms with Gasteiger partial charge in [-0.05, 0) is 19.4 Å². The van der Waals surface area contributed by atoms with Gasteiger partial charge in [-0.2, -0.15) is 0 Å². The van der Waals surface area contributed by atoms with Crippen molar-refractivity contribution in [2.24, 2.45) is 11.7 Å². The van der Waals surface area contributed by atoms with Crippen molar-refractivity contribution in [3.63, 3.8) is 0 Å². The van der Waals surface area contributed by atoms with E-state index in [0.29, 0.717) is 12.0 Å². The van der Waals surface area contributed by atoms with Crippen molar-refractivity contribution in [3.8, 4) is 0 Å². The van der Waals surface area contributed by atoms with E-state index in [2.05, 4.69) is 5.32 Å². The van der Waals surface area contributed by atoms with Gasteiger partial charge in [0.2, 0.25) is 0 Å². The van der Waals surface area contributed by atoms with Crippen LogP contribution in [0.4, 0.5) is 0 Å².